The topological polar surface area (TPSA) is 47.1 Å². The minimum atomic E-state index is 0.741. The van der Waals surface area contributed by atoms with Gasteiger partial charge < -0.3 is 16.2 Å². The van der Waals surface area contributed by atoms with Crippen molar-refractivity contribution in [3.63, 3.8) is 0 Å². The molecule has 0 saturated heterocycles. The molecule has 0 saturated carbocycles. The zero-order valence-corrected chi connectivity index (χ0v) is 6.00. The van der Waals surface area contributed by atoms with Crippen LogP contribution in [0.4, 0.5) is 5.69 Å². The van der Waals surface area contributed by atoms with Crippen molar-refractivity contribution >= 4 is 11.8 Å². The van der Waals surface area contributed by atoms with Crippen molar-refractivity contribution in [2.45, 2.75) is 0 Å². The average molecular weight is 149 g/mol. The van der Waals surface area contributed by atoms with Gasteiger partial charge in [-0.25, -0.2) is 0 Å². The van der Waals surface area contributed by atoms with Gasteiger partial charge in [-0.2, -0.15) is 0 Å². The second kappa shape index (κ2) is 3.75. The molecule has 0 atom stereocenters. The molecule has 1 aromatic rings. The number of benzene rings is 1. The fraction of sp³-hybridized carbons (Fsp3) is 0. The van der Waals surface area contributed by atoms with Gasteiger partial charge in [0, 0.05) is 5.69 Å². The van der Waals surface area contributed by atoms with Gasteiger partial charge >= 0.3 is 0 Å². The summed E-state index contributed by atoms with van der Waals surface area (Å²) in [5.41, 5.74) is 5.79. The predicted molar refractivity (Wildman–Crippen MR) is 46.7 cm³/mol. The van der Waals surface area contributed by atoms with Gasteiger partial charge in [0.1, 0.15) is 0 Å². The summed E-state index contributed by atoms with van der Waals surface area (Å²) < 4.78 is 0. The van der Waals surface area contributed by atoms with Gasteiger partial charge in [-0.05, 0) is 17.7 Å². The van der Waals surface area contributed by atoms with Gasteiger partial charge in [-0.1, -0.05) is 24.8 Å². The number of rotatable bonds is 3. The Morgan fingerprint density at radius 3 is 2.36 bits per heavy atom. The van der Waals surface area contributed by atoms with Crippen LogP contribution in [-0.2, 0) is 0 Å². The first kappa shape index (κ1) is 7.78. The first-order valence-corrected chi connectivity index (χ1v) is 3.22. The molecule has 2 N–H and O–H groups in total. The summed E-state index contributed by atoms with van der Waals surface area (Å²) in [7, 11) is 0. The second-order valence-corrected chi connectivity index (χ2v) is 2.05. The van der Waals surface area contributed by atoms with Gasteiger partial charge in [0.15, 0.2) is 0 Å². The summed E-state index contributed by atoms with van der Waals surface area (Å²) in [5, 5.41) is 9.87. The van der Waals surface area contributed by atoms with Crippen molar-refractivity contribution in [2.24, 2.45) is 0 Å². The summed E-state index contributed by atoms with van der Waals surface area (Å²) in [5.74, 6) is 0. The van der Waals surface area contributed by atoms with Crippen molar-refractivity contribution in [3.05, 3.63) is 41.6 Å². The summed E-state index contributed by atoms with van der Waals surface area (Å²) in [6.07, 6.45) is 1.74. The Hall–Kier alpha value is -1.32. The molecule has 1 rings (SSSR count). The van der Waals surface area contributed by atoms with Crippen molar-refractivity contribution in [3.8, 4) is 0 Å². The Kier molecular flexibility index (Phi) is 2.66. The van der Waals surface area contributed by atoms with Crippen molar-refractivity contribution in [1.82, 2.24) is 5.59 Å². The lowest BCUT2D eigenvalue weighted by molar-refractivity contribution is 1.07. The standard InChI is InChI=1S/C8H9N2O/c1-2-7-3-5-8(6-4-7)9-10-11/h2-6,9-10H,1H2/q-1. The zero-order valence-electron chi connectivity index (χ0n) is 6.00. The minimum Gasteiger partial charge on any atom is -0.770 e. The molecular formula is C8H9N2O-. The molecule has 0 fully saturated rings. The van der Waals surface area contributed by atoms with Crippen LogP contribution in [0.2, 0.25) is 0 Å². The van der Waals surface area contributed by atoms with Crippen LogP contribution in [0.15, 0.2) is 30.8 Å². The van der Waals surface area contributed by atoms with E-state index in [1.807, 2.05) is 12.1 Å². The van der Waals surface area contributed by atoms with Crippen molar-refractivity contribution in [1.29, 1.82) is 0 Å². The van der Waals surface area contributed by atoms with Crippen LogP contribution in [0.5, 0.6) is 0 Å². The number of hydrogen-bond acceptors (Lipinski definition) is 3. The largest absolute Gasteiger partial charge is 0.770 e. The maximum absolute atomic E-state index is 9.87. The van der Waals surface area contributed by atoms with Gasteiger partial charge in [0.2, 0.25) is 0 Å². The lowest BCUT2D eigenvalue weighted by Crippen LogP contribution is -2.12. The van der Waals surface area contributed by atoms with Gasteiger partial charge in [-0.3, -0.25) is 0 Å². The Morgan fingerprint density at radius 2 is 1.91 bits per heavy atom. The van der Waals surface area contributed by atoms with E-state index in [0.717, 1.165) is 11.3 Å². The summed E-state index contributed by atoms with van der Waals surface area (Å²) in [4.78, 5) is 0. The molecule has 0 spiro atoms. The third-order valence-electron chi connectivity index (χ3n) is 1.34. The van der Waals surface area contributed by atoms with Crippen LogP contribution in [0.25, 0.3) is 6.08 Å². The monoisotopic (exact) mass is 149 g/mol. The molecule has 11 heavy (non-hydrogen) atoms. The smallest absolute Gasteiger partial charge is 0.0477 e. The van der Waals surface area contributed by atoms with Crippen LogP contribution in [0.3, 0.4) is 0 Å². The van der Waals surface area contributed by atoms with E-state index in [9.17, 15) is 5.21 Å². The normalized spacial score (nSPS) is 9.18. The summed E-state index contributed by atoms with van der Waals surface area (Å²) in [6.45, 7) is 3.61. The first-order valence-electron chi connectivity index (χ1n) is 3.22. The van der Waals surface area contributed by atoms with E-state index in [4.69, 9.17) is 0 Å². The molecule has 0 amide bonds. The van der Waals surface area contributed by atoms with Crippen molar-refractivity contribution in [2.75, 3.05) is 5.43 Å². The Morgan fingerprint density at radius 1 is 1.27 bits per heavy atom. The molecule has 0 aliphatic rings. The Balaban J connectivity index is 2.74. The maximum Gasteiger partial charge on any atom is 0.0477 e. The number of anilines is 1. The highest BCUT2D eigenvalue weighted by atomic mass is 16.5. The van der Waals surface area contributed by atoms with Gasteiger partial charge in [0.25, 0.3) is 0 Å². The molecule has 3 heteroatoms. The van der Waals surface area contributed by atoms with E-state index in [0.29, 0.717) is 0 Å². The van der Waals surface area contributed by atoms with Crippen molar-refractivity contribution < 1.29 is 0 Å². The molecule has 0 bridgehead atoms. The molecule has 0 aliphatic heterocycles. The highest BCUT2D eigenvalue weighted by molar-refractivity contribution is 5.53. The van der Waals surface area contributed by atoms with Gasteiger partial charge in [-0.15, -0.1) is 0 Å². The lowest BCUT2D eigenvalue weighted by Gasteiger charge is -2.10. The Bertz CT molecular complexity index is 230. The molecule has 0 aliphatic carbocycles. The number of hydrogen-bond donors (Lipinski definition) is 2. The molecule has 0 radical (unpaired) electrons. The number of hydrazine groups is 1. The highest BCUT2D eigenvalue weighted by Gasteiger charge is 1.86. The van der Waals surface area contributed by atoms with E-state index in [-0.39, 0.29) is 0 Å². The SMILES string of the molecule is C=Cc1ccc(NN[O-])cc1. The maximum atomic E-state index is 9.87. The lowest BCUT2D eigenvalue weighted by atomic mass is 10.2. The molecule has 0 aromatic heterocycles. The minimum absolute atomic E-state index is 0.741. The Labute approximate surface area is 65.3 Å². The first-order chi connectivity index (χ1) is 5.36. The third kappa shape index (κ3) is 2.07. The fourth-order valence-electron chi connectivity index (χ4n) is 0.761. The van der Waals surface area contributed by atoms with Crippen LogP contribution < -0.4 is 11.0 Å². The van der Waals surface area contributed by atoms with E-state index < -0.39 is 0 Å². The predicted octanol–water partition coefficient (Wildman–Crippen LogP) is 1.74. The molecule has 0 unspecified atom stereocenters. The van der Waals surface area contributed by atoms with Gasteiger partial charge in [0.05, 0.1) is 0 Å². The highest BCUT2D eigenvalue weighted by Crippen LogP contribution is 2.08. The molecular weight excluding hydrogens is 140 g/mol. The van der Waals surface area contributed by atoms with E-state index in [1.165, 1.54) is 0 Å². The average Bonchev–Trinajstić information content (AvgIpc) is 2.07. The van der Waals surface area contributed by atoms with E-state index in [1.54, 1.807) is 23.8 Å². The number of nitrogens with one attached hydrogen (secondary N) is 2. The van der Waals surface area contributed by atoms with Crippen LogP contribution in [-0.4, -0.2) is 0 Å². The third-order valence-corrected chi connectivity index (χ3v) is 1.34. The molecule has 3 nitrogen and oxygen atoms in total. The van der Waals surface area contributed by atoms with Crippen LogP contribution >= 0.6 is 0 Å². The van der Waals surface area contributed by atoms with E-state index >= 15 is 0 Å². The second-order valence-electron chi connectivity index (χ2n) is 2.05. The summed E-state index contributed by atoms with van der Waals surface area (Å²) in [6, 6.07) is 7.32. The van der Waals surface area contributed by atoms with Crippen LogP contribution in [0.1, 0.15) is 5.56 Å². The van der Waals surface area contributed by atoms with E-state index in [2.05, 4.69) is 12.0 Å². The molecule has 58 valence electrons. The zero-order chi connectivity index (χ0) is 8.10. The molecule has 0 heterocycles. The van der Waals surface area contributed by atoms with Crippen LogP contribution in [0, 0.1) is 5.21 Å². The fourth-order valence-corrected chi connectivity index (χ4v) is 0.761. The summed E-state index contributed by atoms with van der Waals surface area (Å²) >= 11 is 0. The quantitative estimate of drug-likeness (QED) is 0.643. The molecule has 1 aromatic carbocycles.